The number of hydrogen-bond acceptors (Lipinski definition) is 3. The Bertz CT molecular complexity index is 947. The Kier molecular flexibility index (Phi) is 6.07. The Labute approximate surface area is 164 Å². The average molecular weight is 374 g/mol. The van der Waals surface area contributed by atoms with Crippen molar-refractivity contribution in [1.82, 2.24) is 0 Å². The highest BCUT2D eigenvalue weighted by Gasteiger charge is 2.09. The maximum Gasteiger partial charge on any atom is 0.255 e. The third-order valence-electron chi connectivity index (χ3n) is 4.14. The summed E-state index contributed by atoms with van der Waals surface area (Å²) in [6.45, 7) is 4.49. The van der Waals surface area contributed by atoms with E-state index in [1.54, 1.807) is 48.5 Å². The van der Waals surface area contributed by atoms with Crippen molar-refractivity contribution in [2.75, 3.05) is 17.2 Å². The minimum absolute atomic E-state index is 0.188. The lowest BCUT2D eigenvalue weighted by molar-refractivity contribution is 0.102. The summed E-state index contributed by atoms with van der Waals surface area (Å²) in [6, 6.07) is 21.3. The first-order chi connectivity index (χ1) is 13.5. The van der Waals surface area contributed by atoms with Gasteiger partial charge in [0.05, 0.1) is 6.61 Å². The molecule has 0 fully saturated rings. The molecule has 0 radical (unpaired) electrons. The van der Waals surface area contributed by atoms with E-state index >= 15 is 0 Å². The first-order valence-corrected chi connectivity index (χ1v) is 9.07. The van der Waals surface area contributed by atoms with E-state index in [0.29, 0.717) is 29.1 Å². The van der Waals surface area contributed by atoms with E-state index in [-0.39, 0.29) is 11.8 Å². The van der Waals surface area contributed by atoms with Gasteiger partial charge in [-0.3, -0.25) is 9.59 Å². The van der Waals surface area contributed by atoms with Gasteiger partial charge in [-0.15, -0.1) is 0 Å². The molecule has 0 aliphatic carbocycles. The van der Waals surface area contributed by atoms with Crippen LogP contribution in [-0.4, -0.2) is 18.4 Å². The fraction of sp³-hybridized carbons (Fsp3) is 0.130. The summed E-state index contributed by atoms with van der Waals surface area (Å²) in [4.78, 5) is 24.6. The molecule has 3 aromatic carbocycles. The average Bonchev–Trinajstić information content (AvgIpc) is 2.70. The number of carbonyl (C=O) groups excluding carboxylic acids is 2. The molecule has 3 aromatic rings. The van der Waals surface area contributed by atoms with Gasteiger partial charge in [0.1, 0.15) is 5.75 Å². The van der Waals surface area contributed by atoms with E-state index in [1.807, 2.05) is 38.1 Å². The number of rotatable bonds is 6. The molecule has 0 aliphatic rings. The molecule has 0 bridgehead atoms. The molecule has 0 atom stereocenters. The third kappa shape index (κ3) is 4.98. The molecule has 5 heteroatoms. The van der Waals surface area contributed by atoms with Crippen molar-refractivity contribution in [2.45, 2.75) is 13.8 Å². The monoisotopic (exact) mass is 374 g/mol. The maximum atomic E-state index is 12.4. The second-order valence-electron chi connectivity index (χ2n) is 6.31. The lowest BCUT2D eigenvalue weighted by Gasteiger charge is -2.09. The fourth-order valence-corrected chi connectivity index (χ4v) is 2.62. The quantitative estimate of drug-likeness (QED) is 0.645. The third-order valence-corrected chi connectivity index (χ3v) is 4.14. The van der Waals surface area contributed by atoms with Crippen LogP contribution in [0.15, 0.2) is 72.8 Å². The van der Waals surface area contributed by atoms with Gasteiger partial charge < -0.3 is 15.4 Å². The molecule has 142 valence electrons. The maximum absolute atomic E-state index is 12.4. The lowest BCUT2D eigenvalue weighted by Crippen LogP contribution is -2.13. The van der Waals surface area contributed by atoms with Crippen LogP contribution in [0.25, 0.3) is 0 Å². The van der Waals surface area contributed by atoms with Crippen LogP contribution < -0.4 is 15.4 Å². The number of carbonyl (C=O) groups is 2. The van der Waals surface area contributed by atoms with Crippen LogP contribution in [-0.2, 0) is 0 Å². The minimum atomic E-state index is -0.222. The molecule has 3 rings (SSSR count). The molecule has 0 heterocycles. The van der Waals surface area contributed by atoms with Crippen LogP contribution in [0.4, 0.5) is 11.4 Å². The summed E-state index contributed by atoms with van der Waals surface area (Å²) >= 11 is 0. The van der Waals surface area contributed by atoms with Gasteiger partial charge in [-0.25, -0.2) is 0 Å². The van der Waals surface area contributed by atoms with Gasteiger partial charge in [0.25, 0.3) is 11.8 Å². The smallest absolute Gasteiger partial charge is 0.255 e. The molecule has 0 saturated carbocycles. The lowest BCUT2D eigenvalue weighted by atomic mass is 10.1. The van der Waals surface area contributed by atoms with Gasteiger partial charge in [-0.1, -0.05) is 17.7 Å². The standard InChI is InChI=1S/C23H22N2O3/c1-3-28-21-14-12-20(13-15-21)25-23(27)18-8-10-19(11-9-18)24-22(26)17-6-4-16(2)5-7-17/h4-15H,3H2,1-2H3,(H,24,26)(H,25,27). The van der Waals surface area contributed by atoms with E-state index in [1.165, 1.54) is 0 Å². The van der Waals surface area contributed by atoms with Crippen molar-refractivity contribution < 1.29 is 14.3 Å². The van der Waals surface area contributed by atoms with Gasteiger partial charge in [0.2, 0.25) is 0 Å². The molecule has 0 aliphatic heterocycles. The Morgan fingerprint density at radius 3 is 1.61 bits per heavy atom. The summed E-state index contributed by atoms with van der Waals surface area (Å²) in [7, 11) is 0. The van der Waals surface area contributed by atoms with Crippen molar-refractivity contribution in [3.8, 4) is 5.75 Å². The zero-order valence-electron chi connectivity index (χ0n) is 15.9. The van der Waals surface area contributed by atoms with Crippen molar-refractivity contribution in [3.63, 3.8) is 0 Å². The first kappa shape index (κ1) is 19.2. The fourth-order valence-electron chi connectivity index (χ4n) is 2.62. The number of hydrogen-bond donors (Lipinski definition) is 2. The van der Waals surface area contributed by atoms with E-state index < -0.39 is 0 Å². The summed E-state index contributed by atoms with van der Waals surface area (Å²) in [6.07, 6.45) is 0. The van der Waals surface area contributed by atoms with Gasteiger partial charge in [0.15, 0.2) is 0 Å². The number of benzene rings is 3. The zero-order valence-corrected chi connectivity index (χ0v) is 15.9. The van der Waals surface area contributed by atoms with Gasteiger partial charge >= 0.3 is 0 Å². The number of anilines is 2. The molecule has 0 spiro atoms. The van der Waals surface area contributed by atoms with Crippen molar-refractivity contribution in [3.05, 3.63) is 89.5 Å². The topological polar surface area (TPSA) is 67.4 Å². The van der Waals surface area contributed by atoms with E-state index in [2.05, 4.69) is 10.6 Å². The predicted molar refractivity (Wildman–Crippen MR) is 111 cm³/mol. The second kappa shape index (κ2) is 8.86. The van der Waals surface area contributed by atoms with Gasteiger partial charge in [-0.05, 0) is 74.5 Å². The van der Waals surface area contributed by atoms with Crippen molar-refractivity contribution in [1.29, 1.82) is 0 Å². The number of aryl methyl sites for hydroxylation is 1. The van der Waals surface area contributed by atoms with E-state index in [4.69, 9.17) is 4.74 Å². The molecule has 2 amide bonds. The SMILES string of the molecule is CCOc1ccc(NC(=O)c2ccc(NC(=O)c3ccc(C)cc3)cc2)cc1. The number of nitrogens with one attached hydrogen (secondary N) is 2. The van der Waals surface area contributed by atoms with E-state index in [9.17, 15) is 9.59 Å². The molecular weight excluding hydrogens is 352 g/mol. The number of amides is 2. The van der Waals surface area contributed by atoms with Crippen LogP contribution in [0.2, 0.25) is 0 Å². The summed E-state index contributed by atoms with van der Waals surface area (Å²) in [5.41, 5.74) is 3.50. The van der Waals surface area contributed by atoms with Crippen LogP contribution in [0.1, 0.15) is 33.2 Å². The Morgan fingerprint density at radius 1 is 0.714 bits per heavy atom. The Hall–Kier alpha value is -3.60. The van der Waals surface area contributed by atoms with E-state index in [0.717, 1.165) is 11.3 Å². The highest BCUT2D eigenvalue weighted by Crippen LogP contribution is 2.17. The molecular formula is C23H22N2O3. The zero-order chi connectivity index (χ0) is 19.9. The summed E-state index contributed by atoms with van der Waals surface area (Å²) in [5, 5.41) is 5.66. The Balaban J connectivity index is 1.60. The molecule has 0 saturated heterocycles. The van der Waals surface area contributed by atoms with Crippen LogP contribution in [0.5, 0.6) is 5.75 Å². The van der Waals surface area contributed by atoms with Crippen LogP contribution in [0, 0.1) is 6.92 Å². The highest BCUT2D eigenvalue weighted by molar-refractivity contribution is 6.06. The summed E-state index contributed by atoms with van der Waals surface area (Å²) < 4.78 is 5.39. The van der Waals surface area contributed by atoms with Crippen molar-refractivity contribution >= 4 is 23.2 Å². The molecule has 0 aromatic heterocycles. The first-order valence-electron chi connectivity index (χ1n) is 9.07. The van der Waals surface area contributed by atoms with Crippen LogP contribution >= 0.6 is 0 Å². The molecule has 28 heavy (non-hydrogen) atoms. The van der Waals surface area contributed by atoms with Crippen molar-refractivity contribution in [2.24, 2.45) is 0 Å². The van der Waals surface area contributed by atoms with Gasteiger partial charge in [-0.2, -0.15) is 0 Å². The van der Waals surface area contributed by atoms with Crippen LogP contribution in [0.3, 0.4) is 0 Å². The Morgan fingerprint density at radius 2 is 1.14 bits per heavy atom. The highest BCUT2D eigenvalue weighted by atomic mass is 16.5. The molecule has 5 nitrogen and oxygen atoms in total. The second-order valence-corrected chi connectivity index (χ2v) is 6.31. The predicted octanol–water partition coefficient (Wildman–Crippen LogP) is 4.90. The molecule has 0 unspecified atom stereocenters. The number of ether oxygens (including phenoxy) is 1. The van der Waals surface area contributed by atoms with Gasteiger partial charge in [0, 0.05) is 22.5 Å². The minimum Gasteiger partial charge on any atom is -0.494 e. The largest absolute Gasteiger partial charge is 0.494 e. The molecule has 2 N–H and O–H groups in total. The summed E-state index contributed by atoms with van der Waals surface area (Å²) in [5.74, 6) is 0.348. The normalized spacial score (nSPS) is 10.2.